The van der Waals surface area contributed by atoms with E-state index in [-0.39, 0.29) is 5.41 Å². The highest BCUT2D eigenvalue weighted by molar-refractivity contribution is 5.91. The van der Waals surface area contributed by atoms with Crippen LogP contribution in [0.1, 0.15) is 48.6 Å². The fraction of sp³-hybridized carbons (Fsp3) is 0.565. The molecule has 2 aromatic rings. The highest BCUT2D eigenvalue weighted by Crippen LogP contribution is 2.50. The number of aromatic nitrogens is 2. The van der Waals surface area contributed by atoms with Crippen LogP contribution in [0.25, 0.3) is 0 Å². The van der Waals surface area contributed by atoms with Crippen molar-refractivity contribution in [2.75, 3.05) is 33.7 Å². The number of imidazole rings is 1. The van der Waals surface area contributed by atoms with Crippen molar-refractivity contribution >= 4 is 5.91 Å². The van der Waals surface area contributed by atoms with E-state index in [0.29, 0.717) is 11.8 Å². The summed E-state index contributed by atoms with van der Waals surface area (Å²) in [5, 5.41) is 0. The zero-order valence-corrected chi connectivity index (χ0v) is 17.4. The fourth-order valence-electron chi connectivity index (χ4n) is 4.48. The number of hydrogen-bond acceptors (Lipinski definition) is 3. The summed E-state index contributed by atoms with van der Waals surface area (Å²) in [6.45, 7) is 5.71. The summed E-state index contributed by atoms with van der Waals surface area (Å²) in [6, 6.07) is 8.55. The second-order valence-corrected chi connectivity index (χ2v) is 8.82. The number of nitrogens with zero attached hydrogens (tertiary/aromatic N) is 4. The van der Waals surface area contributed by atoms with Crippen LogP contribution in [0.4, 0.5) is 0 Å². The highest BCUT2D eigenvalue weighted by atomic mass is 16.2. The maximum atomic E-state index is 13.5. The Hall–Kier alpha value is -2.14. The molecule has 0 unspecified atom stereocenters. The summed E-state index contributed by atoms with van der Waals surface area (Å²) in [7, 11) is 4.19. The van der Waals surface area contributed by atoms with Crippen molar-refractivity contribution in [2.45, 2.75) is 50.5 Å². The average molecular weight is 381 g/mol. The molecular formula is C23H32N4O. The molecule has 2 fully saturated rings. The molecule has 1 atom stereocenters. The van der Waals surface area contributed by atoms with Crippen LogP contribution in [-0.4, -0.2) is 59.0 Å². The van der Waals surface area contributed by atoms with Gasteiger partial charge in [-0.05, 0) is 52.3 Å². The van der Waals surface area contributed by atoms with Crippen LogP contribution in [0.5, 0.6) is 0 Å². The van der Waals surface area contributed by atoms with Crippen molar-refractivity contribution in [2.24, 2.45) is 0 Å². The number of likely N-dealkylation sites (tertiary alicyclic amines) is 1. The maximum Gasteiger partial charge on any atom is 0.233 e. The highest BCUT2D eigenvalue weighted by Gasteiger charge is 2.53. The van der Waals surface area contributed by atoms with Crippen LogP contribution >= 0.6 is 0 Å². The predicted molar refractivity (Wildman–Crippen MR) is 111 cm³/mol. The lowest BCUT2D eigenvalue weighted by Crippen LogP contribution is -2.45. The van der Waals surface area contributed by atoms with Gasteiger partial charge in [-0.1, -0.05) is 29.8 Å². The molecule has 1 aromatic carbocycles. The lowest BCUT2D eigenvalue weighted by atomic mass is 9.90. The van der Waals surface area contributed by atoms with Crippen molar-refractivity contribution in [1.29, 1.82) is 0 Å². The third kappa shape index (κ3) is 3.72. The number of amides is 1. The summed E-state index contributed by atoms with van der Waals surface area (Å²) in [5.41, 5.74) is 2.17. The third-order valence-corrected chi connectivity index (χ3v) is 6.37. The van der Waals surface area contributed by atoms with E-state index in [1.807, 2.05) is 6.20 Å². The first kappa shape index (κ1) is 19.2. The van der Waals surface area contributed by atoms with E-state index in [1.165, 1.54) is 11.1 Å². The molecule has 5 heteroatoms. The first-order chi connectivity index (χ1) is 13.5. The molecule has 1 saturated carbocycles. The van der Waals surface area contributed by atoms with Crippen molar-refractivity contribution < 1.29 is 4.79 Å². The van der Waals surface area contributed by atoms with Gasteiger partial charge in [0, 0.05) is 44.5 Å². The summed E-state index contributed by atoms with van der Waals surface area (Å²) >= 11 is 0. The minimum absolute atomic E-state index is 0.268. The van der Waals surface area contributed by atoms with Gasteiger partial charge < -0.3 is 14.4 Å². The average Bonchev–Trinajstić information content (AvgIpc) is 3.37. The number of benzene rings is 1. The van der Waals surface area contributed by atoms with Gasteiger partial charge >= 0.3 is 0 Å². The molecule has 1 aliphatic heterocycles. The van der Waals surface area contributed by atoms with Gasteiger partial charge in [-0.2, -0.15) is 0 Å². The molecule has 0 spiro atoms. The number of likely N-dealkylation sites (N-methyl/N-ethyl adjacent to an activating group) is 1. The second-order valence-electron chi connectivity index (χ2n) is 8.82. The van der Waals surface area contributed by atoms with E-state index in [9.17, 15) is 4.79 Å². The number of carbonyl (C=O) groups is 1. The SMILES string of the molecule is Cc1ccc(C2(C(=O)N3CCC[C@H](c4nccn4CCN(C)C)C3)CC2)cc1. The van der Waals surface area contributed by atoms with Gasteiger partial charge in [-0.15, -0.1) is 0 Å². The number of aryl methyl sites for hydroxylation is 1. The van der Waals surface area contributed by atoms with Crippen molar-refractivity contribution in [3.05, 3.63) is 53.6 Å². The van der Waals surface area contributed by atoms with E-state index in [2.05, 4.69) is 70.8 Å². The van der Waals surface area contributed by atoms with E-state index in [0.717, 1.165) is 57.7 Å². The Balaban J connectivity index is 1.48. The Morgan fingerprint density at radius 3 is 2.68 bits per heavy atom. The largest absolute Gasteiger partial charge is 0.341 e. The van der Waals surface area contributed by atoms with Crippen molar-refractivity contribution in [1.82, 2.24) is 19.4 Å². The number of carbonyl (C=O) groups excluding carboxylic acids is 1. The lowest BCUT2D eigenvalue weighted by molar-refractivity contribution is -0.135. The second kappa shape index (κ2) is 7.70. The van der Waals surface area contributed by atoms with Crippen molar-refractivity contribution in [3.8, 4) is 0 Å². The van der Waals surface area contributed by atoms with Crippen LogP contribution in [0.15, 0.2) is 36.7 Å². The summed E-state index contributed by atoms with van der Waals surface area (Å²) in [6.07, 6.45) is 8.11. The molecule has 28 heavy (non-hydrogen) atoms. The summed E-state index contributed by atoms with van der Waals surface area (Å²) in [5.74, 6) is 1.80. The first-order valence-electron chi connectivity index (χ1n) is 10.5. The molecule has 1 aliphatic carbocycles. The standard InChI is InChI=1S/C23H32N4O/c1-18-6-8-20(9-7-18)23(10-11-23)22(28)27-13-4-5-19(17-27)21-24-12-14-26(21)16-15-25(2)3/h6-9,12,14,19H,4-5,10-11,13,15-17H2,1-3H3/t19-/m0/s1. The van der Waals surface area contributed by atoms with Gasteiger partial charge in [-0.25, -0.2) is 4.98 Å². The Bertz CT molecular complexity index is 819. The molecule has 5 nitrogen and oxygen atoms in total. The molecule has 150 valence electrons. The van der Waals surface area contributed by atoms with Gasteiger partial charge in [-0.3, -0.25) is 4.79 Å². The minimum Gasteiger partial charge on any atom is -0.341 e. The van der Waals surface area contributed by atoms with Gasteiger partial charge in [0.15, 0.2) is 0 Å². The number of hydrogen-bond donors (Lipinski definition) is 0. The molecule has 1 amide bonds. The lowest BCUT2D eigenvalue weighted by Gasteiger charge is -2.35. The Kier molecular flexibility index (Phi) is 5.28. The molecule has 0 radical (unpaired) electrons. The van der Waals surface area contributed by atoms with Crippen molar-refractivity contribution in [3.63, 3.8) is 0 Å². The minimum atomic E-state index is -0.268. The first-order valence-corrected chi connectivity index (χ1v) is 10.5. The molecule has 2 heterocycles. The maximum absolute atomic E-state index is 13.5. The molecule has 2 aliphatic rings. The summed E-state index contributed by atoms with van der Waals surface area (Å²) in [4.78, 5) is 22.4. The normalized spacial score (nSPS) is 21.1. The van der Waals surface area contributed by atoms with Gasteiger partial charge in [0.05, 0.1) is 5.41 Å². The number of piperidine rings is 1. The van der Waals surface area contributed by atoms with Crippen LogP contribution in [0, 0.1) is 6.92 Å². The molecule has 0 bridgehead atoms. The Morgan fingerprint density at radius 1 is 1.25 bits per heavy atom. The fourth-order valence-corrected chi connectivity index (χ4v) is 4.48. The molecule has 4 rings (SSSR count). The molecule has 1 saturated heterocycles. The Morgan fingerprint density at radius 2 is 2.00 bits per heavy atom. The predicted octanol–water partition coefficient (Wildman–Crippen LogP) is 3.19. The molecule has 1 aromatic heterocycles. The quantitative estimate of drug-likeness (QED) is 0.773. The number of rotatable bonds is 6. The molecule has 0 N–H and O–H groups in total. The monoisotopic (exact) mass is 380 g/mol. The van der Waals surface area contributed by atoms with E-state index in [4.69, 9.17) is 0 Å². The van der Waals surface area contributed by atoms with Gasteiger partial charge in [0.2, 0.25) is 5.91 Å². The Labute approximate surface area is 168 Å². The summed E-state index contributed by atoms with van der Waals surface area (Å²) < 4.78 is 2.27. The van der Waals surface area contributed by atoms with Crippen LogP contribution in [0.3, 0.4) is 0 Å². The third-order valence-electron chi connectivity index (χ3n) is 6.37. The van der Waals surface area contributed by atoms with E-state index >= 15 is 0 Å². The topological polar surface area (TPSA) is 41.4 Å². The zero-order valence-electron chi connectivity index (χ0n) is 17.4. The smallest absolute Gasteiger partial charge is 0.233 e. The van der Waals surface area contributed by atoms with E-state index < -0.39 is 0 Å². The molecular weight excluding hydrogens is 348 g/mol. The zero-order chi connectivity index (χ0) is 19.7. The van der Waals surface area contributed by atoms with Crippen LogP contribution in [-0.2, 0) is 16.8 Å². The van der Waals surface area contributed by atoms with E-state index in [1.54, 1.807) is 0 Å². The van der Waals surface area contributed by atoms with Gasteiger partial charge in [0.25, 0.3) is 0 Å². The van der Waals surface area contributed by atoms with Crippen LogP contribution < -0.4 is 0 Å². The van der Waals surface area contributed by atoms with Crippen LogP contribution in [0.2, 0.25) is 0 Å². The van der Waals surface area contributed by atoms with Gasteiger partial charge in [0.1, 0.15) is 5.82 Å².